The molecular weight excluding hydrogens is 765 g/mol. The fourth-order valence-corrected chi connectivity index (χ4v) is 9.50. The summed E-state index contributed by atoms with van der Waals surface area (Å²) in [4.78, 5) is 15.8. The third-order valence-electron chi connectivity index (χ3n) is 11.6. The van der Waals surface area contributed by atoms with Gasteiger partial charge in [0.2, 0.25) is 0 Å². The van der Waals surface area contributed by atoms with Crippen LogP contribution in [0.1, 0.15) is 0 Å². The number of anilines is 6. The Morgan fingerprint density at radius 1 is 0.311 bits per heavy atom. The van der Waals surface area contributed by atoms with Crippen molar-refractivity contribution in [2.45, 2.75) is 0 Å². The van der Waals surface area contributed by atoms with Gasteiger partial charge in [-0.25, -0.2) is 9.97 Å². The van der Waals surface area contributed by atoms with E-state index in [0.29, 0.717) is 0 Å². The zero-order valence-corrected chi connectivity index (χ0v) is 33.5. The van der Waals surface area contributed by atoms with Crippen LogP contribution in [0.5, 0.6) is 0 Å². The highest BCUT2D eigenvalue weighted by Crippen LogP contribution is 2.50. The van der Waals surface area contributed by atoms with Gasteiger partial charge in [-0.15, -0.1) is 0 Å². The van der Waals surface area contributed by atoms with Crippen molar-refractivity contribution < 1.29 is 0 Å². The van der Waals surface area contributed by atoms with E-state index in [1.807, 2.05) is 24.3 Å². The minimum atomic E-state index is 0.800. The molecule has 0 spiro atoms. The molecule has 0 atom stereocenters. The van der Waals surface area contributed by atoms with E-state index in [1.165, 1.54) is 22.5 Å². The zero-order chi connectivity index (χ0) is 40.3. The van der Waals surface area contributed by atoms with Crippen LogP contribution in [0.4, 0.5) is 34.1 Å². The van der Waals surface area contributed by atoms with Gasteiger partial charge in [-0.1, -0.05) is 133 Å². The molecule has 11 aromatic rings. The third-order valence-corrected chi connectivity index (χ3v) is 12.2. The molecule has 2 heterocycles. The molecule has 9 aromatic carbocycles. The number of hydrogen-bond acceptors (Lipinski definition) is 7. The standard InChI is InChI=1S/C54H34N6S/c1-5-17-38(18-6-1)59(39-19-7-2-8-20-39)42-31-27-36(28-32-42)47-51-52(56-50-45-26-14-16-35-15-13-25-44(46(35)45)49(50)55-51)48(54-53(47)57-61-58-54)37-29-33-43(34-30-37)60(40-21-9-3-10-22-40)41-23-11-4-12-24-41/h1-34H. The first-order valence-electron chi connectivity index (χ1n) is 20.3. The molecule has 286 valence electrons. The molecule has 0 saturated carbocycles. The number of para-hydroxylation sites is 4. The summed E-state index contributed by atoms with van der Waals surface area (Å²) in [6.07, 6.45) is 0. The van der Waals surface area contributed by atoms with E-state index in [9.17, 15) is 0 Å². The zero-order valence-electron chi connectivity index (χ0n) is 32.7. The molecule has 7 heteroatoms. The first-order valence-corrected chi connectivity index (χ1v) is 21.1. The molecule has 1 aliphatic rings. The van der Waals surface area contributed by atoms with Gasteiger partial charge in [0.1, 0.15) is 22.1 Å². The van der Waals surface area contributed by atoms with Crippen LogP contribution in [0, 0.1) is 0 Å². The van der Waals surface area contributed by atoms with Gasteiger partial charge in [0.25, 0.3) is 0 Å². The van der Waals surface area contributed by atoms with E-state index in [1.54, 1.807) is 0 Å². The van der Waals surface area contributed by atoms with Crippen LogP contribution in [-0.2, 0) is 0 Å². The van der Waals surface area contributed by atoms with Gasteiger partial charge in [-0.2, -0.15) is 8.75 Å². The second kappa shape index (κ2) is 14.4. The van der Waals surface area contributed by atoms with E-state index in [2.05, 4.69) is 192 Å². The molecule has 12 rings (SSSR count). The number of benzene rings is 9. The van der Waals surface area contributed by atoms with Gasteiger partial charge in [-0.3, -0.25) is 0 Å². The maximum absolute atomic E-state index is 5.62. The van der Waals surface area contributed by atoms with Gasteiger partial charge in [0.05, 0.1) is 23.1 Å². The normalized spacial score (nSPS) is 11.6. The molecule has 0 fully saturated rings. The van der Waals surface area contributed by atoms with Crippen LogP contribution in [0.15, 0.2) is 206 Å². The number of aromatic nitrogens is 4. The predicted molar refractivity (Wildman–Crippen MR) is 253 cm³/mol. The molecule has 0 N–H and O–H groups in total. The SMILES string of the molecule is c1ccc(N(c2ccccc2)c2ccc(-c3c4nsnc4c(-c4ccc(N(c5ccccc5)c5ccccc5)cc4)c4nc5c(nc34)-c3cccc4cccc-5c34)cc2)cc1. The highest BCUT2D eigenvalue weighted by molar-refractivity contribution is 7.00. The summed E-state index contributed by atoms with van der Waals surface area (Å²) < 4.78 is 10.1. The molecule has 1 aliphatic carbocycles. The Bertz CT molecular complexity index is 3090. The molecule has 0 unspecified atom stereocenters. The van der Waals surface area contributed by atoms with Gasteiger partial charge >= 0.3 is 0 Å². The summed E-state index contributed by atoms with van der Waals surface area (Å²) in [5.74, 6) is 0. The highest BCUT2D eigenvalue weighted by atomic mass is 32.1. The average Bonchev–Trinajstić information content (AvgIpc) is 3.94. The Morgan fingerprint density at radius 3 is 1.02 bits per heavy atom. The minimum absolute atomic E-state index is 0.800. The third kappa shape index (κ3) is 5.78. The van der Waals surface area contributed by atoms with Crippen molar-refractivity contribution in [2.75, 3.05) is 9.80 Å². The molecule has 0 bridgehead atoms. The fourth-order valence-electron chi connectivity index (χ4n) is 8.94. The van der Waals surface area contributed by atoms with Gasteiger partial charge in [0.15, 0.2) is 0 Å². The van der Waals surface area contributed by atoms with Crippen molar-refractivity contribution in [3.63, 3.8) is 0 Å². The fraction of sp³-hybridized carbons (Fsp3) is 0. The van der Waals surface area contributed by atoms with Gasteiger partial charge in [-0.05, 0) is 89.3 Å². The second-order valence-electron chi connectivity index (χ2n) is 15.1. The van der Waals surface area contributed by atoms with Crippen LogP contribution in [0.2, 0.25) is 0 Å². The average molecular weight is 799 g/mol. The maximum Gasteiger partial charge on any atom is 0.115 e. The second-order valence-corrected chi connectivity index (χ2v) is 15.7. The highest BCUT2D eigenvalue weighted by Gasteiger charge is 2.29. The van der Waals surface area contributed by atoms with E-state index in [-0.39, 0.29) is 0 Å². The van der Waals surface area contributed by atoms with E-state index in [4.69, 9.17) is 18.7 Å². The maximum atomic E-state index is 5.62. The number of nitrogens with zero attached hydrogens (tertiary/aromatic N) is 6. The largest absolute Gasteiger partial charge is 0.311 e. The number of hydrogen-bond donors (Lipinski definition) is 0. The Labute approximate surface area is 356 Å². The van der Waals surface area contributed by atoms with Crippen molar-refractivity contribution in [3.8, 4) is 44.8 Å². The van der Waals surface area contributed by atoms with Crippen molar-refractivity contribution in [2.24, 2.45) is 0 Å². The van der Waals surface area contributed by atoms with E-state index in [0.717, 1.165) is 101 Å². The molecule has 0 saturated heterocycles. The summed E-state index contributed by atoms with van der Waals surface area (Å²) >= 11 is 1.23. The Balaban J connectivity index is 1.07. The minimum Gasteiger partial charge on any atom is -0.311 e. The summed E-state index contributed by atoms with van der Waals surface area (Å²) in [5, 5.41) is 2.37. The summed E-state index contributed by atoms with van der Waals surface area (Å²) in [5.41, 5.74) is 17.5. The first-order chi connectivity index (χ1) is 30.3. The Kier molecular flexibility index (Phi) is 8.25. The van der Waals surface area contributed by atoms with Crippen molar-refractivity contribution >= 4 is 78.7 Å². The van der Waals surface area contributed by atoms with E-state index < -0.39 is 0 Å². The van der Waals surface area contributed by atoms with Crippen LogP contribution in [0.25, 0.3) is 77.6 Å². The van der Waals surface area contributed by atoms with Crippen LogP contribution in [0.3, 0.4) is 0 Å². The molecular formula is C54H34N6S. The molecule has 6 nitrogen and oxygen atoms in total. The smallest absolute Gasteiger partial charge is 0.115 e. The summed E-state index contributed by atoms with van der Waals surface area (Å²) in [6.45, 7) is 0. The van der Waals surface area contributed by atoms with Crippen molar-refractivity contribution in [3.05, 3.63) is 206 Å². The molecule has 2 aromatic heterocycles. The van der Waals surface area contributed by atoms with Gasteiger partial charge in [0, 0.05) is 61.8 Å². The quantitative estimate of drug-likeness (QED) is 0.153. The topological polar surface area (TPSA) is 58.0 Å². The lowest BCUT2D eigenvalue weighted by Gasteiger charge is -2.25. The summed E-state index contributed by atoms with van der Waals surface area (Å²) in [7, 11) is 0. The molecule has 0 aliphatic heterocycles. The van der Waals surface area contributed by atoms with Gasteiger partial charge < -0.3 is 9.80 Å². The van der Waals surface area contributed by atoms with Crippen LogP contribution >= 0.6 is 11.7 Å². The lowest BCUT2D eigenvalue weighted by Crippen LogP contribution is -2.09. The first kappa shape index (κ1) is 35.0. The van der Waals surface area contributed by atoms with Crippen LogP contribution < -0.4 is 9.80 Å². The monoisotopic (exact) mass is 798 g/mol. The lowest BCUT2D eigenvalue weighted by molar-refractivity contribution is 1.28. The molecule has 61 heavy (non-hydrogen) atoms. The summed E-state index contributed by atoms with van der Waals surface area (Å²) in [6, 6.07) is 72.3. The molecule has 0 radical (unpaired) electrons. The Hall–Kier alpha value is -8.00. The van der Waals surface area contributed by atoms with Crippen molar-refractivity contribution in [1.29, 1.82) is 0 Å². The molecule has 0 amide bonds. The Morgan fingerprint density at radius 2 is 0.656 bits per heavy atom. The predicted octanol–water partition coefficient (Wildman–Crippen LogP) is 14.7. The van der Waals surface area contributed by atoms with Crippen LogP contribution in [-0.4, -0.2) is 18.7 Å². The van der Waals surface area contributed by atoms with E-state index >= 15 is 0 Å². The number of fused-ring (bicyclic) bond motifs is 5. The lowest BCUT2D eigenvalue weighted by atomic mass is 9.94. The van der Waals surface area contributed by atoms with Crippen molar-refractivity contribution in [1.82, 2.24) is 18.7 Å². The number of rotatable bonds is 8.